The molecule has 2 heterocycles. The normalized spacial score (nSPS) is 27.6. The predicted octanol–water partition coefficient (Wildman–Crippen LogP) is 5.74. The highest BCUT2D eigenvalue weighted by Gasteiger charge is 2.86. The van der Waals surface area contributed by atoms with E-state index in [0.717, 1.165) is 49.2 Å². The van der Waals surface area contributed by atoms with Crippen molar-refractivity contribution in [1.29, 1.82) is 0 Å². The third kappa shape index (κ3) is 8.29. The minimum atomic E-state index is -2.18. The van der Waals surface area contributed by atoms with Gasteiger partial charge in [0.1, 0.15) is 11.9 Å². The number of carbonyl (C=O) groups is 3. The number of benzene rings is 1. The maximum Gasteiger partial charge on any atom is 0.350 e. The van der Waals surface area contributed by atoms with Gasteiger partial charge in [-0.15, -0.1) is 0 Å². The van der Waals surface area contributed by atoms with Crippen molar-refractivity contribution in [3.8, 4) is 0 Å². The summed E-state index contributed by atoms with van der Waals surface area (Å²) in [6, 6.07) is 9.29. The summed E-state index contributed by atoms with van der Waals surface area (Å²) < 4.78 is 12.9. The fourth-order valence-corrected chi connectivity index (χ4v) is 9.61. The zero-order chi connectivity index (χ0) is 40.0. The molecule has 11 heteroatoms. The lowest BCUT2D eigenvalue weighted by Gasteiger charge is -2.45. The molecule has 4 aliphatic rings. The molecule has 1 aliphatic heterocycles. The number of rotatable bonds is 19. The highest BCUT2D eigenvalue weighted by molar-refractivity contribution is 6.33. The van der Waals surface area contributed by atoms with Gasteiger partial charge in [0, 0.05) is 42.3 Å². The minimum absolute atomic E-state index is 0.0433. The molecular formula is C45H62N4O7. The quantitative estimate of drug-likeness (QED) is 0.0390. The van der Waals surface area contributed by atoms with Crippen LogP contribution in [0.25, 0.3) is 0 Å². The average molecular weight is 771 g/mol. The first-order valence-electron chi connectivity index (χ1n) is 20.8. The lowest BCUT2D eigenvalue weighted by molar-refractivity contribution is -0.159. The maximum absolute atomic E-state index is 15.0. The first-order valence-corrected chi connectivity index (χ1v) is 20.8. The highest BCUT2D eigenvalue weighted by Crippen LogP contribution is 2.60. The van der Waals surface area contributed by atoms with Crippen molar-refractivity contribution >= 4 is 23.4 Å². The van der Waals surface area contributed by atoms with Crippen LogP contribution in [0.1, 0.15) is 111 Å². The number of allylic oxidation sites excluding steroid dienone is 3. The van der Waals surface area contributed by atoms with Gasteiger partial charge in [0.25, 0.3) is 5.60 Å². The van der Waals surface area contributed by atoms with E-state index in [1.54, 1.807) is 18.3 Å². The number of Topliss-reactive ketones (excluding diaryl/α,β-unsaturated/α-hetero) is 2. The van der Waals surface area contributed by atoms with E-state index in [0.29, 0.717) is 61.7 Å². The number of pyridine rings is 1. The molecule has 1 saturated heterocycles. The number of nitrogens with one attached hydrogen (secondary N) is 3. The molecule has 2 aromatic rings. The summed E-state index contributed by atoms with van der Waals surface area (Å²) in [5.74, 6) is -0.0347. The number of hydrogen-bond acceptors (Lipinski definition) is 11. The van der Waals surface area contributed by atoms with Gasteiger partial charge in [-0.2, -0.15) is 0 Å². The Bertz CT molecular complexity index is 1810. The molecule has 6 rings (SSSR count). The van der Waals surface area contributed by atoms with Crippen LogP contribution in [0.5, 0.6) is 0 Å². The summed E-state index contributed by atoms with van der Waals surface area (Å²) >= 11 is 0. The van der Waals surface area contributed by atoms with E-state index in [1.165, 1.54) is 0 Å². The molecule has 56 heavy (non-hydrogen) atoms. The van der Waals surface area contributed by atoms with Crippen LogP contribution in [0.15, 0.2) is 59.8 Å². The monoisotopic (exact) mass is 770 g/mol. The molecule has 7 unspecified atom stereocenters. The van der Waals surface area contributed by atoms with E-state index in [4.69, 9.17) is 9.47 Å². The second-order valence-electron chi connectivity index (χ2n) is 16.7. The molecule has 0 bridgehead atoms. The van der Waals surface area contributed by atoms with Crippen molar-refractivity contribution in [2.75, 3.05) is 38.8 Å². The number of anilines is 1. The number of epoxide rings is 1. The number of hydrogen-bond donors (Lipinski definition) is 5. The SMILES string of the molecule is CCNC1CC2C=CCCC2CC1C(CCCO)OC(=O)C12OC1(CC(CO)=C(C)CCc1ccnc(NCNC)c1)C(=O)c1cccc(CC(C)C)c1C2=O. The van der Waals surface area contributed by atoms with E-state index in [2.05, 4.69) is 40.0 Å². The topological polar surface area (TPSA) is 162 Å². The lowest BCUT2D eigenvalue weighted by Crippen LogP contribution is -2.54. The summed E-state index contributed by atoms with van der Waals surface area (Å²) in [4.78, 5) is 49.2. The van der Waals surface area contributed by atoms with Crippen molar-refractivity contribution in [3.05, 3.63) is 82.1 Å². The van der Waals surface area contributed by atoms with Crippen molar-refractivity contribution in [3.63, 3.8) is 0 Å². The number of ketones is 2. The molecule has 11 nitrogen and oxygen atoms in total. The zero-order valence-corrected chi connectivity index (χ0v) is 33.9. The number of aliphatic hydroxyl groups is 2. The Hall–Kier alpha value is -3.74. The van der Waals surface area contributed by atoms with Crippen LogP contribution in [0.2, 0.25) is 0 Å². The van der Waals surface area contributed by atoms with Gasteiger partial charge in [-0.05, 0) is 125 Å². The Morgan fingerprint density at radius 2 is 1.96 bits per heavy atom. The molecule has 0 amide bonds. The van der Waals surface area contributed by atoms with Gasteiger partial charge in [0.2, 0.25) is 5.78 Å². The van der Waals surface area contributed by atoms with Crippen LogP contribution < -0.4 is 16.0 Å². The summed E-state index contributed by atoms with van der Waals surface area (Å²) in [6.07, 6.45) is 12.1. The molecule has 2 fully saturated rings. The Balaban J connectivity index is 1.35. The number of aromatic nitrogens is 1. The standard InChI is InChI=1S/C45H62N4O7/c1-6-47-37-24-32-12-8-7-11-31(32)23-36(37)38(15-10-20-50)55-43(54)45-42(53)40-33(21-28(2)3)13-9-14-35(40)41(52)44(45,56-45)25-34(26-51)29(4)16-17-30-18-19-48-39(22-30)49-27-46-5/h8-9,12-14,18-19,22,28,31-32,36-38,46-47,50-51H,6-7,10-11,15-17,20-21,23-27H2,1-5H3,(H,48,49). The minimum Gasteiger partial charge on any atom is -0.459 e. The molecule has 0 spiro atoms. The second-order valence-corrected chi connectivity index (χ2v) is 16.7. The number of esters is 1. The number of aliphatic hydroxyl groups excluding tert-OH is 2. The number of ether oxygens (including phenoxy) is 2. The molecule has 1 aromatic carbocycles. The number of aryl methyl sites for hydroxylation is 1. The van der Waals surface area contributed by atoms with Crippen molar-refractivity contribution in [2.24, 2.45) is 23.7 Å². The van der Waals surface area contributed by atoms with Gasteiger partial charge in [-0.3, -0.25) is 9.59 Å². The average Bonchev–Trinajstić information content (AvgIpc) is 3.90. The van der Waals surface area contributed by atoms with Crippen LogP contribution in [0.4, 0.5) is 5.82 Å². The van der Waals surface area contributed by atoms with Gasteiger partial charge in [0.05, 0.1) is 13.3 Å². The molecule has 5 N–H and O–H groups in total. The third-order valence-electron chi connectivity index (χ3n) is 12.6. The van der Waals surface area contributed by atoms with Gasteiger partial charge in [0.15, 0.2) is 11.4 Å². The molecular weight excluding hydrogens is 709 g/mol. The van der Waals surface area contributed by atoms with Crippen LogP contribution in [-0.2, 0) is 27.1 Å². The summed E-state index contributed by atoms with van der Waals surface area (Å²) in [6.45, 7) is 8.99. The number of fused-ring (bicyclic) bond motifs is 3. The summed E-state index contributed by atoms with van der Waals surface area (Å²) in [5, 5.41) is 30.7. The molecule has 1 aromatic heterocycles. The Labute approximate surface area is 332 Å². The van der Waals surface area contributed by atoms with Gasteiger partial charge in [-0.1, -0.05) is 56.7 Å². The summed E-state index contributed by atoms with van der Waals surface area (Å²) in [7, 11) is 1.85. The van der Waals surface area contributed by atoms with Crippen molar-refractivity contribution in [1.82, 2.24) is 15.6 Å². The van der Waals surface area contributed by atoms with Gasteiger partial charge >= 0.3 is 5.97 Å². The highest BCUT2D eigenvalue weighted by atomic mass is 16.7. The molecule has 7 atom stereocenters. The maximum atomic E-state index is 15.0. The third-order valence-corrected chi connectivity index (χ3v) is 12.6. The van der Waals surface area contributed by atoms with E-state index in [-0.39, 0.29) is 48.6 Å². The van der Waals surface area contributed by atoms with Crippen LogP contribution in [-0.4, -0.2) is 89.6 Å². The van der Waals surface area contributed by atoms with Crippen molar-refractivity contribution in [2.45, 2.75) is 115 Å². The van der Waals surface area contributed by atoms with Crippen molar-refractivity contribution < 1.29 is 34.1 Å². The number of nitrogens with zero attached hydrogens (tertiary/aromatic N) is 1. The molecule has 3 aliphatic carbocycles. The van der Waals surface area contributed by atoms with Gasteiger partial charge < -0.3 is 35.6 Å². The first kappa shape index (κ1) is 41.9. The van der Waals surface area contributed by atoms with Gasteiger partial charge in [-0.25, -0.2) is 9.78 Å². The van der Waals surface area contributed by atoms with E-state index in [1.807, 2.05) is 46.0 Å². The number of carbonyl (C=O) groups excluding carboxylic acids is 3. The first-order chi connectivity index (χ1) is 27.0. The molecule has 1 saturated carbocycles. The zero-order valence-electron chi connectivity index (χ0n) is 33.9. The summed E-state index contributed by atoms with van der Waals surface area (Å²) in [5.41, 5.74) is -0.391. The Kier molecular flexibility index (Phi) is 13.6. The molecule has 0 radical (unpaired) electrons. The Morgan fingerprint density at radius 1 is 1.14 bits per heavy atom. The van der Waals surface area contributed by atoms with Crippen LogP contribution in [0.3, 0.4) is 0 Å². The van der Waals surface area contributed by atoms with Crippen LogP contribution in [0, 0.1) is 23.7 Å². The second kappa shape index (κ2) is 18.2. The van der Waals surface area contributed by atoms with E-state index >= 15 is 4.79 Å². The van der Waals surface area contributed by atoms with E-state index in [9.17, 15) is 19.8 Å². The Morgan fingerprint density at radius 3 is 2.70 bits per heavy atom. The van der Waals surface area contributed by atoms with Crippen LogP contribution >= 0.6 is 0 Å². The van der Waals surface area contributed by atoms with E-state index < -0.39 is 34.8 Å². The predicted molar refractivity (Wildman–Crippen MR) is 216 cm³/mol. The molecule has 304 valence electrons. The fraction of sp³-hybridized carbons (Fsp3) is 0.600. The fourth-order valence-electron chi connectivity index (χ4n) is 9.61. The smallest absolute Gasteiger partial charge is 0.350 e. The largest absolute Gasteiger partial charge is 0.459 e. The lowest BCUT2D eigenvalue weighted by atomic mass is 9.66.